The smallest absolute Gasteiger partial charge is 0.395 e. The molecule has 2 aliphatic heterocycles. The number of aryl methyl sites for hydroxylation is 1. The van der Waals surface area contributed by atoms with Crippen molar-refractivity contribution in [1.82, 2.24) is 24.1 Å². The minimum absolute atomic E-state index is 0.0258. The van der Waals surface area contributed by atoms with Gasteiger partial charge in [0.25, 0.3) is 5.56 Å². The Balaban J connectivity index is 1.37. The molecule has 198 valence electrons. The fourth-order valence-corrected chi connectivity index (χ4v) is 6.37. The van der Waals surface area contributed by atoms with E-state index in [1.54, 1.807) is 0 Å². The molecule has 0 spiro atoms. The number of hydrogen-bond acceptors (Lipinski definition) is 13. The number of H-pyrrole nitrogens is 1. The predicted molar refractivity (Wildman–Crippen MR) is 124 cm³/mol. The van der Waals surface area contributed by atoms with Crippen molar-refractivity contribution >= 4 is 25.5 Å². The van der Waals surface area contributed by atoms with Crippen LogP contribution in [-0.2, 0) is 18.3 Å². The van der Waals surface area contributed by atoms with E-state index >= 15 is 0 Å². The van der Waals surface area contributed by atoms with Crippen molar-refractivity contribution in [2.75, 3.05) is 18.9 Å². The summed E-state index contributed by atoms with van der Waals surface area (Å²) >= 11 is 1.13. The number of hydrogen-bond donors (Lipinski definition) is 5. The fraction of sp³-hybridized carbons (Fsp3) is 0.611. The van der Waals surface area contributed by atoms with Gasteiger partial charge in [-0.3, -0.25) is 28.0 Å². The Morgan fingerprint density at radius 3 is 2.78 bits per heavy atom. The van der Waals surface area contributed by atoms with Gasteiger partial charge in [-0.05, 0) is 6.92 Å². The van der Waals surface area contributed by atoms with Crippen LogP contribution in [0.1, 0.15) is 30.0 Å². The summed E-state index contributed by atoms with van der Waals surface area (Å²) in [6, 6.07) is 0. The van der Waals surface area contributed by atoms with Gasteiger partial charge in [0.15, 0.2) is 0 Å². The highest BCUT2D eigenvalue weighted by Gasteiger charge is 2.43. The Morgan fingerprint density at radius 1 is 1.33 bits per heavy atom. The number of phosphoric ester groups is 1. The van der Waals surface area contributed by atoms with Crippen LogP contribution >= 0.6 is 19.6 Å². The lowest BCUT2D eigenvalue weighted by molar-refractivity contribution is -0.0483. The fourth-order valence-electron chi connectivity index (χ4n) is 3.90. The lowest BCUT2D eigenvalue weighted by atomic mass is 10.2. The van der Waals surface area contributed by atoms with Crippen LogP contribution in [0.25, 0.3) is 0 Å². The molecule has 0 amide bonds. The van der Waals surface area contributed by atoms with E-state index in [1.807, 2.05) is 0 Å². The Kier molecular flexibility index (Phi) is 7.82. The number of nitrogens with two attached hydrogens (primary N) is 1. The molecule has 0 saturated carbocycles. The number of aromatic amines is 1. The number of rotatable bonds is 8. The quantitative estimate of drug-likeness (QED) is 0.230. The van der Waals surface area contributed by atoms with Crippen LogP contribution in [0.2, 0.25) is 0 Å². The molecule has 0 bridgehead atoms. The average Bonchev–Trinajstić information content (AvgIpc) is 3.37. The summed E-state index contributed by atoms with van der Waals surface area (Å²) in [5.41, 5.74) is 3.72. The van der Waals surface area contributed by atoms with Crippen molar-refractivity contribution in [1.29, 1.82) is 0 Å². The second kappa shape index (κ2) is 10.5. The minimum Gasteiger partial charge on any atom is -0.395 e. The van der Waals surface area contributed by atoms with Crippen molar-refractivity contribution in [2.45, 2.75) is 54.9 Å². The largest absolute Gasteiger partial charge is 0.472 e. The van der Waals surface area contributed by atoms with Crippen LogP contribution in [0.3, 0.4) is 0 Å². The van der Waals surface area contributed by atoms with Gasteiger partial charge < -0.3 is 25.6 Å². The van der Waals surface area contributed by atoms with Gasteiger partial charge in [0.2, 0.25) is 5.95 Å². The number of ether oxygens (including phenoxy) is 1. The van der Waals surface area contributed by atoms with Gasteiger partial charge >= 0.3 is 19.2 Å². The van der Waals surface area contributed by atoms with Gasteiger partial charge in [-0.1, -0.05) is 0 Å². The number of nitrogens with zero attached hydrogens (tertiary/aromatic N) is 4. The first-order valence-corrected chi connectivity index (χ1v) is 13.2. The topological polar surface area (TPSA) is 234 Å². The third-order valence-corrected chi connectivity index (χ3v) is 8.30. The van der Waals surface area contributed by atoms with Crippen LogP contribution in [-0.4, -0.2) is 76.0 Å². The van der Waals surface area contributed by atoms with E-state index in [0.717, 1.165) is 16.3 Å². The van der Waals surface area contributed by atoms with E-state index < -0.39 is 73.1 Å². The standard InChI is InChI=1S/C18H25N6O10PS/c1-8-4-23(17(28)21-15(8)27)13-2-9(26)11(33-13)6-32-35(30,31)34-10-3-14(36-12(10)5-25)24-7-20-16(19)22-18(24)29/h4,7,9-14,25-26H,2-3,5-6H2,1H3,(H,30,31)(H2,19,22,29)(H,21,27,28). The molecule has 7 unspecified atom stereocenters. The molecule has 2 aromatic heterocycles. The maximum Gasteiger partial charge on any atom is 0.472 e. The molecule has 18 heteroatoms. The summed E-state index contributed by atoms with van der Waals surface area (Å²) in [7, 11) is -4.69. The van der Waals surface area contributed by atoms with Crippen molar-refractivity contribution in [3.63, 3.8) is 0 Å². The van der Waals surface area contributed by atoms with Crippen molar-refractivity contribution in [3.05, 3.63) is 49.4 Å². The van der Waals surface area contributed by atoms with Crippen LogP contribution in [0, 0.1) is 6.92 Å². The second-order valence-corrected chi connectivity index (χ2v) is 11.1. The molecule has 6 N–H and O–H groups in total. The molecule has 0 aromatic carbocycles. The van der Waals surface area contributed by atoms with E-state index in [0.29, 0.717) is 0 Å². The second-order valence-electron chi connectivity index (χ2n) is 8.27. The molecule has 2 saturated heterocycles. The van der Waals surface area contributed by atoms with Crippen LogP contribution in [0.5, 0.6) is 0 Å². The zero-order valence-electron chi connectivity index (χ0n) is 18.9. The Labute approximate surface area is 206 Å². The number of thioether (sulfide) groups is 1. The van der Waals surface area contributed by atoms with Crippen LogP contribution < -0.4 is 22.7 Å². The molecule has 0 radical (unpaired) electrons. The molecular formula is C18H25N6O10PS. The summed E-state index contributed by atoms with van der Waals surface area (Å²) in [6.45, 7) is 0.555. The molecule has 4 rings (SSSR count). The molecule has 36 heavy (non-hydrogen) atoms. The summed E-state index contributed by atoms with van der Waals surface area (Å²) in [4.78, 5) is 55.4. The zero-order valence-corrected chi connectivity index (χ0v) is 20.6. The van der Waals surface area contributed by atoms with Crippen LogP contribution in [0.15, 0.2) is 26.9 Å². The highest BCUT2D eigenvalue weighted by molar-refractivity contribution is 8.00. The van der Waals surface area contributed by atoms with E-state index in [4.69, 9.17) is 19.5 Å². The van der Waals surface area contributed by atoms with E-state index in [-0.39, 0.29) is 24.4 Å². The van der Waals surface area contributed by atoms with Crippen molar-refractivity contribution in [2.24, 2.45) is 0 Å². The summed E-state index contributed by atoms with van der Waals surface area (Å²) in [5, 5.41) is 18.8. The van der Waals surface area contributed by atoms with Gasteiger partial charge in [-0.2, -0.15) is 4.98 Å². The Hall–Kier alpha value is -2.37. The maximum atomic E-state index is 12.6. The first kappa shape index (κ1) is 26.7. The summed E-state index contributed by atoms with van der Waals surface area (Å²) < 4.78 is 30.8. The molecule has 16 nitrogen and oxygen atoms in total. The molecular weight excluding hydrogens is 523 g/mol. The Morgan fingerprint density at radius 2 is 2.08 bits per heavy atom. The molecule has 2 aromatic rings. The number of anilines is 1. The first-order chi connectivity index (χ1) is 17.0. The van der Waals surface area contributed by atoms with Crippen molar-refractivity contribution in [3.8, 4) is 0 Å². The van der Waals surface area contributed by atoms with Crippen LogP contribution in [0.4, 0.5) is 5.95 Å². The number of aliphatic hydroxyl groups is 2. The van der Waals surface area contributed by atoms with Gasteiger partial charge in [-0.15, -0.1) is 11.8 Å². The molecule has 2 aliphatic rings. The van der Waals surface area contributed by atoms with E-state index in [9.17, 15) is 34.1 Å². The summed E-state index contributed by atoms with van der Waals surface area (Å²) in [6.07, 6.45) is -1.57. The molecule has 7 atom stereocenters. The van der Waals surface area contributed by atoms with Gasteiger partial charge in [0, 0.05) is 24.6 Å². The molecule has 0 aliphatic carbocycles. The predicted octanol–water partition coefficient (Wildman–Crippen LogP) is -1.77. The lowest BCUT2D eigenvalue weighted by Crippen LogP contribution is -2.33. The molecule has 2 fully saturated rings. The monoisotopic (exact) mass is 548 g/mol. The first-order valence-electron chi connectivity index (χ1n) is 10.8. The van der Waals surface area contributed by atoms with Crippen molar-refractivity contribution < 1.29 is 33.5 Å². The van der Waals surface area contributed by atoms with Gasteiger partial charge in [-0.25, -0.2) is 19.1 Å². The number of nitrogens with one attached hydrogen (secondary N) is 1. The highest BCUT2D eigenvalue weighted by atomic mass is 32.2. The summed E-state index contributed by atoms with van der Waals surface area (Å²) in [5.74, 6) is -0.196. The van der Waals surface area contributed by atoms with E-state index in [2.05, 4.69) is 15.0 Å². The number of aliphatic hydroxyl groups excluding tert-OH is 2. The maximum absolute atomic E-state index is 12.6. The number of nitrogen functional groups attached to an aromatic ring is 1. The normalized spacial score (nSPS) is 29.9. The molecule has 4 heterocycles. The zero-order chi connectivity index (χ0) is 26.2. The third kappa shape index (κ3) is 5.78. The third-order valence-electron chi connectivity index (χ3n) is 5.75. The Bertz CT molecular complexity index is 1330. The van der Waals surface area contributed by atoms with E-state index in [1.165, 1.54) is 24.0 Å². The highest BCUT2D eigenvalue weighted by Crippen LogP contribution is 2.52. The van der Waals surface area contributed by atoms with Gasteiger partial charge in [0.1, 0.15) is 18.7 Å². The average molecular weight is 548 g/mol. The number of phosphoric acid groups is 1. The SMILES string of the molecule is Cc1cn(C2CC(O)C(COP(=O)(O)OC3CC(n4cnc(N)nc4=O)SC3CO)O2)c(=O)[nH]c1=O. The number of aromatic nitrogens is 5. The lowest BCUT2D eigenvalue weighted by Gasteiger charge is -2.22. The van der Waals surface area contributed by atoms with Gasteiger partial charge in [0.05, 0.1) is 36.0 Å². The minimum atomic E-state index is -4.69.